The van der Waals surface area contributed by atoms with Crippen molar-refractivity contribution < 1.29 is 22.4 Å². The Morgan fingerprint density at radius 2 is 2.00 bits per heavy atom. The van der Waals surface area contributed by atoms with Gasteiger partial charge in [0.05, 0.1) is 26.3 Å². The molecule has 0 atom stereocenters. The Kier molecular flexibility index (Phi) is 4.69. The van der Waals surface area contributed by atoms with Gasteiger partial charge < -0.3 is 14.0 Å². The van der Waals surface area contributed by atoms with Gasteiger partial charge in [-0.05, 0) is 12.1 Å². The molecule has 0 spiro atoms. The predicted octanol–water partition coefficient (Wildman–Crippen LogP) is 1.33. The van der Waals surface area contributed by atoms with Gasteiger partial charge in [-0.3, -0.25) is 4.98 Å². The quantitative estimate of drug-likeness (QED) is 0.600. The number of benzene rings is 1. The highest BCUT2D eigenvalue weighted by molar-refractivity contribution is 7.89. The van der Waals surface area contributed by atoms with E-state index in [1.165, 1.54) is 37.0 Å². The minimum Gasteiger partial charge on any atom is -0.497 e. The Morgan fingerprint density at radius 3 is 2.68 bits per heavy atom. The molecule has 4 rings (SSSR count). The summed E-state index contributed by atoms with van der Waals surface area (Å²) in [7, 11) is -0.851. The van der Waals surface area contributed by atoms with Crippen LogP contribution in [-0.4, -0.2) is 60.1 Å². The molecule has 11 heteroatoms. The molecule has 28 heavy (non-hydrogen) atoms. The van der Waals surface area contributed by atoms with E-state index in [1.807, 2.05) is 0 Å². The SMILES string of the molecule is COc1ccc(OC)c(S(=O)(=O)N2CC(c3nc(-c4cnccn4)no3)C2)c1. The lowest BCUT2D eigenvalue weighted by molar-refractivity contribution is 0.216. The molecule has 1 aliphatic rings. The van der Waals surface area contributed by atoms with Crippen LogP contribution >= 0.6 is 0 Å². The fraction of sp³-hybridized carbons (Fsp3) is 0.294. The molecular formula is C17H17N5O5S. The lowest BCUT2D eigenvalue weighted by atomic mass is 10.0. The summed E-state index contributed by atoms with van der Waals surface area (Å²) < 4.78 is 42.9. The minimum atomic E-state index is -3.75. The van der Waals surface area contributed by atoms with E-state index < -0.39 is 10.0 Å². The van der Waals surface area contributed by atoms with Gasteiger partial charge >= 0.3 is 0 Å². The molecule has 0 aliphatic carbocycles. The van der Waals surface area contributed by atoms with Crippen LogP contribution in [0.3, 0.4) is 0 Å². The van der Waals surface area contributed by atoms with E-state index in [2.05, 4.69) is 20.1 Å². The number of methoxy groups -OCH3 is 2. The van der Waals surface area contributed by atoms with Crippen LogP contribution in [0.25, 0.3) is 11.5 Å². The number of hydrogen-bond donors (Lipinski definition) is 0. The number of aromatic nitrogens is 4. The third-order valence-corrected chi connectivity index (χ3v) is 6.27. The Morgan fingerprint density at radius 1 is 1.18 bits per heavy atom. The van der Waals surface area contributed by atoms with Crippen LogP contribution in [0.2, 0.25) is 0 Å². The standard InChI is InChI=1S/C17H17N5O5S/c1-25-12-3-4-14(26-2)15(7-12)28(23,24)22-9-11(10-22)17-20-16(21-27-17)13-8-18-5-6-19-13/h3-8,11H,9-10H2,1-2H3. The van der Waals surface area contributed by atoms with E-state index in [0.717, 1.165) is 0 Å². The number of rotatable bonds is 6. The van der Waals surface area contributed by atoms with Crippen molar-refractivity contribution in [1.82, 2.24) is 24.4 Å². The second-order valence-electron chi connectivity index (χ2n) is 6.08. The molecule has 146 valence electrons. The molecule has 0 saturated carbocycles. The summed E-state index contributed by atoms with van der Waals surface area (Å²) in [5.41, 5.74) is 0.488. The van der Waals surface area contributed by atoms with Gasteiger partial charge in [-0.1, -0.05) is 5.16 Å². The first-order valence-electron chi connectivity index (χ1n) is 8.35. The van der Waals surface area contributed by atoms with Crippen LogP contribution < -0.4 is 9.47 Å². The number of nitrogens with zero attached hydrogens (tertiary/aromatic N) is 5. The summed E-state index contributed by atoms with van der Waals surface area (Å²) in [5.74, 6) is 1.18. The zero-order valence-corrected chi connectivity index (χ0v) is 16.0. The molecule has 0 N–H and O–H groups in total. The zero-order valence-electron chi connectivity index (χ0n) is 15.1. The lowest BCUT2D eigenvalue weighted by Gasteiger charge is -2.36. The highest BCUT2D eigenvalue weighted by atomic mass is 32.2. The van der Waals surface area contributed by atoms with Crippen LogP contribution in [0, 0.1) is 0 Å². The van der Waals surface area contributed by atoms with Crippen LogP contribution in [0.4, 0.5) is 0 Å². The van der Waals surface area contributed by atoms with Crippen LogP contribution in [0.15, 0.2) is 46.2 Å². The molecule has 3 aromatic rings. The van der Waals surface area contributed by atoms with Crippen molar-refractivity contribution in [3.05, 3.63) is 42.7 Å². The zero-order chi connectivity index (χ0) is 19.7. The second-order valence-corrected chi connectivity index (χ2v) is 7.99. The molecule has 1 fully saturated rings. The van der Waals surface area contributed by atoms with E-state index in [4.69, 9.17) is 14.0 Å². The number of sulfonamides is 1. The molecule has 0 bridgehead atoms. The van der Waals surface area contributed by atoms with Gasteiger partial charge in [0.2, 0.25) is 21.7 Å². The maximum Gasteiger partial charge on any atom is 0.246 e. The summed E-state index contributed by atoms with van der Waals surface area (Å²) in [6.07, 6.45) is 4.61. The van der Waals surface area contributed by atoms with Crippen molar-refractivity contribution in [3.63, 3.8) is 0 Å². The molecule has 0 radical (unpaired) electrons. The first kappa shape index (κ1) is 18.3. The molecule has 2 aromatic heterocycles. The third kappa shape index (κ3) is 3.18. The molecular weight excluding hydrogens is 386 g/mol. The van der Waals surface area contributed by atoms with Gasteiger partial charge in [0.15, 0.2) is 0 Å². The van der Waals surface area contributed by atoms with Gasteiger partial charge in [0, 0.05) is 31.5 Å². The van der Waals surface area contributed by atoms with Crippen molar-refractivity contribution in [2.75, 3.05) is 27.3 Å². The van der Waals surface area contributed by atoms with Crippen molar-refractivity contribution in [1.29, 1.82) is 0 Å². The Labute approximate surface area is 161 Å². The Hall–Kier alpha value is -3.05. The summed E-state index contributed by atoms with van der Waals surface area (Å²) in [6, 6.07) is 4.65. The summed E-state index contributed by atoms with van der Waals surface area (Å²) in [4.78, 5) is 12.4. The third-order valence-electron chi connectivity index (χ3n) is 4.42. The smallest absolute Gasteiger partial charge is 0.246 e. The van der Waals surface area contributed by atoms with Crippen molar-refractivity contribution in [3.8, 4) is 23.0 Å². The van der Waals surface area contributed by atoms with Crippen molar-refractivity contribution in [2.24, 2.45) is 0 Å². The van der Waals surface area contributed by atoms with Crippen LogP contribution in [0.1, 0.15) is 11.8 Å². The molecule has 1 aromatic carbocycles. The van der Waals surface area contributed by atoms with E-state index in [1.54, 1.807) is 18.3 Å². The molecule has 1 saturated heterocycles. The average molecular weight is 403 g/mol. The van der Waals surface area contributed by atoms with Crippen molar-refractivity contribution in [2.45, 2.75) is 10.8 Å². The monoisotopic (exact) mass is 403 g/mol. The first-order valence-corrected chi connectivity index (χ1v) is 9.79. The normalized spacial score (nSPS) is 15.2. The molecule has 1 aliphatic heterocycles. The van der Waals surface area contributed by atoms with Crippen LogP contribution in [-0.2, 0) is 10.0 Å². The highest BCUT2D eigenvalue weighted by Crippen LogP contribution is 2.36. The van der Waals surface area contributed by atoms with Crippen molar-refractivity contribution >= 4 is 10.0 Å². The fourth-order valence-corrected chi connectivity index (χ4v) is 4.54. The van der Waals surface area contributed by atoms with E-state index in [9.17, 15) is 8.42 Å². The lowest BCUT2D eigenvalue weighted by Crippen LogP contribution is -2.48. The summed E-state index contributed by atoms with van der Waals surface area (Å²) in [5, 5.41) is 3.89. The molecule has 10 nitrogen and oxygen atoms in total. The Balaban J connectivity index is 1.52. The van der Waals surface area contributed by atoms with E-state index >= 15 is 0 Å². The van der Waals surface area contributed by atoms with E-state index in [0.29, 0.717) is 23.2 Å². The first-order chi connectivity index (χ1) is 13.5. The van der Waals surface area contributed by atoms with Gasteiger partial charge in [-0.2, -0.15) is 9.29 Å². The van der Waals surface area contributed by atoms with Gasteiger partial charge in [0.25, 0.3) is 0 Å². The van der Waals surface area contributed by atoms with Gasteiger partial charge in [-0.15, -0.1) is 0 Å². The average Bonchev–Trinajstić information content (AvgIpc) is 3.16. The maximum absolute atomic E-state index is 13.0. The topological polar surface area (TPSA) is 121 Å². The highest BCUT2D eigenvalue weighted by Gasteiger charge is 2.41. The van der Waals surface area contributed by atoms with Gasteiger partial charge in [0.1, 0.15) is 22.1 Å². The van der Waals surface area contributed by atoms with E-state index in [-0.39, 0.29) is 29.7 Å². The van der Waals surface area contributed by atoms with Gasteiger partial charge in [-0.25, -0.2) is 13.4 Å². The fourth-order valence-electron chi connectivity index (χ4n) is 2.83. The maximum atomic E-state index is 13.0. The molecule has 0 unspecified atom stereocenters. The molecule has 3 heterocycles. The van der Waals surface area contributed by atoms with Crippen LogP contribution in [0.5, 0.6) is 11.5 Å². The number of ether oxygens (including phenoxy) is 2. The summed E-state index contributed by atoms with van der Waals surface area (Å²) in [6.45, 7) is 0.454. The Bertz CT molecular complexity index is 1080. The largest absolute Gasteiger partial charge is 0.497 e. The minimum absolute atomic E-state index is 0.0542. The number of hydrogen-bond acceptors (Lipinski definition) is 9. The second kappa shape index (κ2) is 7.17. The predicted molar refractivity (Wildman–Crippen MR) is 96.4 cm³/mol. The summed E-state index contributed by atoms with van der Waals surface area (Å²) >= 11 is 0. The molecule has 0 amide bonds.